The molecule has 1 nitrogen and oxygen atoms in total. The topological polar surface area (TPSA) is 3.24 Å². The number of hydrogen-bond donors (Lipinski definition) is 1. The third-order valence-corrected chi connectivity index (χ3v) is 4.61. The van der Waals surface area contributed by atoms with Crippen LogP contribution in [0.4, 0.5) is 0 Å². The van der Waals surface area contributed by atoms with Crippen molar-refractivity contribution in [1.82, 2.24) is 4.90 Å². The summed E-state index contributed by atoms with van der Waals surface area (Å²) < 4.78 is 0. The van der Waals surface area contributed by atoms with Crippen LogP contribution in [0.25, 0.3) is 0 Å². The van der Waals surface area contributed by atoms with E-state index in [4.69, 9.17) is 12.6 Å². The molecule has 0 aliphatic carbocycles. The molecule has 0 aliphatic heterocycles. The molecule has 104 valence electrons. The normalized spacial score (nSPS) is 18.4. The predicted octanol–water partition coefficient (Wildman–Crippen LogP) is 4.48. The molecule has 0 heterocycles. The molecule has 17 heavy (non-hydrogen) atoms. The van der Waals surface area contributed by atoms with Gasteiger partial charge >= 0.3 is 0 Å². The van der Waals surface area contributed by atoms with Crippen LogP contribution in [0.15, 0.2) is 0 Å². The number of nitrogens with zero attached hydrogens (tertiary/aromatic N) is 1. The lowest BCUT2D eigenvalue weighted by atomic mass is 9.74. The van der Waals surface area contributed by atoms with Gasteiger partial charge in [0.15, 0.2) is 0 Å². The summed E-state index contributed by atoms with van der Waals surface area (Å²) in [6.07, 6.45) is 0. The zero-order valence-electron chi connectivity index (χ0n) is 13.5. The van der Waals surface area contributed by atoms with Gasteiger partial charge in [0.25, 0.3) is 0 Å². The van der Waals surface area contributed by atoms with Gasteiger partial charge < -0.3 is 0 Å². The van der Waals surface area contributed by atoms with E-state index in [1.54, 1.807) is 0 Å². The average molecular weight is 260 g/mol. The van der Waals surface area contributed by atoms with E-state index >= 15 is 0 Å². The molecule has 0 aromatic rings. The average Bonchev–Trinajstić information content (AvgIpc) is 1.97. The maximum absolute atomic E-state index is 4.93. The fraction of sp³-hybridized carbons (Fsp3) is 1.00. The number of hydrogen-bond acceptors (Lipinski definition) is 2. The molecule has 0 fully saturated rings. The van der Waals surface area contributed by atoms with Gasteiger partial charge in [0.1, 0.15) is 0 Å². The van der Waals surface area contributed by atoms with Crippen molar-refractivity contribution in [2.45, 2.75) is 79.1 Å². The van der Waals surface area contributed by atoms with Crippen LogP contribution in [0, 0.1) is 10.8 Å². The highest BCUT2D eigenvalue weighted by Gasteiger charge is 2.42. The molecule has 0 saturated carbocycles. The van der Waals surface area contributed by atoms with E-state index in [9.17, 15) is 0 Å². The first kappa shape index (κ1) is 17.3. The van der Waals surface area contributed by atoms with Crippen molar-refractivity contribution in [3.8, 4) is 0 Å². The maximum atomic E-state index is 4.93. The van der Waals surface area contributed by atoms with Gasteiger partial charge in [-0.1, -0.05) is 41.5 Å². The van der Waals surface area contributed by atoms with E-state index in [2.05, 4.69) is 74.3 Å². The van der Waals surface area contributed by atoms with E-state index in [-0.39, 0.29) is 16.4 Å². The number of thiol groups is 1. The Morgan fingerprint density at radius 2 is 1.12 bits per heavy atom. The summed E-state index contributed by atoms with van der Waals surface area (Å²) in [5, 5.41) is 0.353. The molecular weight excluding hydrogens is 226 g/mol. The SMILES string of the molecule is CN(C(C(S)C(C)(C)C)C(C)(C)C)C(C)(C)C. The first-order valence-corrected chi connectivity index (χ1v) is 7.11. The molecule has 0 radical (unpaired) electrons. The lowest BCUT2D eigenvalue weighted by molar-refractivity contribution is 0.0284. The first-order valence-electron chi connectivity index (χ1n) is 6.60. The van der Waals surface area contributed by atoms with Gasteiger partial charge in [-0.15, -0.1) is 0 Å². The van der Waals surface area contributed by atoms with E-state index in [0.29, 0.717) is 11.3 Å². The zero-order valence-corrected chi connectivity index (χ0v) is 14.4. The van der Waals surface area contributed by atoms with E-state index in [0.717, 1.165) is 0 Å². The van der Waals surface area contributed by atoms with Crippen LogP contribution in [-0.4, -0.2) is 28.8 Å². The lowest BCUT2D eigenvalue weighted by Gasteiger charge is -2.50. The minimum atomic E-state index is 0.171. The monoisotopic (exact) mass is 259 g/mol. The summed E-state index contributed by atoms with van der Waals surface area (Å²) in [4.78, 5) is 2.48. The van der Waals surface area contributed by atoms with Crippen molar-refractivity contribution < 1.29 is 0 Å². The molecule has 2 unspecified atom stereocenters. The Bertz CT molecular complexity index is 219. The predicted molar refractivity (Wildman–Crippen MR) is 83.0 cm³/mol. The van der Waals surface area contributed by atoms with Crippen LogP contribution in [-0.2, 0) is 0 Å². The lowest BCUT2D eigenvalue weighted by Crippen LogP contribution is -2.57. The molecular formula is C15H33NS. The smallest absolute Gasteiger partial charge is 0.0267 e. The summed E-state index contributed by atoms with van der Waals surface area (Å²) in [7, 11) is 2.23. The summed E-state index contributed by atoms with van der Waals surface area (Å²) in [5.74, 6) is 0. The zero-order chi connectivity index (χ0) is 14.2. The van der Waals surface area contributed by atoms with E-state index in [1.165, 1.54) is 0 Å². The largest absolute Gasteiger partial charge is 0.297 e. The van der Waals surface area contributed by atoms with Crippen molar-refractivity contribution in [1.29, 1.82) is 0 Å². The second kappa shape index (κ2) is 5.13. The summed E-state index contributed by atoms with van der Waals surface area (Å²) >= 11 is 4.93. The highest BCUT2D eigenvalue weighted by molar-refractivity contribution is 7.81. The van der Waals surface area contributed by atoms with Crippen LogP contribution in [0.1, 0.15) is 62.3 Å². The second-order valence-corrected chi connectivity index (χ2v) is 8.96. The number of rotatable bonds is 2. The standard InChI is InChI=1S/C15H33NS/c1-13(2,3)11(12(17)14(4,5)6)16(10)15(7,8)9/h11-12,17H,1-10H3. The minimum absolute atomic E-state index is 0.171. The first-order chi connectivity index (χ1) is 7.19. The van der Waals surface area contributed by atoms with Crippen molar-refractivity contribution >= 4 is 12.6 Å². The molecule has 0 amide bonds. The second-order valence-electron chi connectivity index (χ2n) is 8.40. The van der Waals surface area contributed by atoms with Crippen LogP contribution >= 0.6 is 12.6 Å². The van der Waals surface area contributed by atoms with Gasteiger partial charge in [0, 0.05) is 16.8 Å². The van der Waals surface area contributed by atoms with Crippen molar-refractivity contribution in [2.75, 3.05) is 7.05 Å². The molecule has 0 bridgehead atoms. The van der Waals surface area contributed by atoms with Gasteiger partial charge in [0.05, 0.1) is 0 Å². The van der Waals surface area contributed by atoms with E-state index in [1.807, 2.05) is 0 Å². The van der Waals surface area contributed by atoms with E-state index < -0.39 is 0 Å². The van der Waals surface area contributed by atoms with Gasteiger partial charge in [-0.25, -0.2) is 0 Å². The summed E-state index contributed by atoms with van der Waals surface area (Å²) in [6, 6.07) is 0.450. The Balaban J connectivity index is 5.32. The Morgan fingerprint density at radius 1 is 0.765 bits per heavy atom. The van der Waals surface area contributed by atoms with Crippen LogP contribution in [0.5, 0.6) is 0 Å². The molecule has 0 rings (SSSR count). The van der Waals surface area contributed by atoms with Crippen LogP contribution < -0.4 is 0 Å². The highest BCUT2D eigenvalue weighted by atomic mass is 32.1. The van der Waals surface area contributed by atoms with Gasteiger partial charge in [-0.3, -0.25) is 4.90 Å². The fourth-order valence-electron chi connectivity index (χ4n) is 2.16. The van der Waals surface area contributed by atoms with Gasteiger partial charge in [-0.05, 0) is 38.6 Å². The van der Waals surface area contributed by atoms with Crippen LogP contribution in [0.2, 0.25) is 0 Å². The van der Waals surface area contributed by atoms with Gasteiger partial charge in [-0.2, -0.15) is 12.6 Å². The Kier molecular flexibility index (Phi) is 5.22. The van der Waals surface area contributed by atoms with Crippen molar-refractivity contribution in [2.24, 2.45) is 10.8 Å². The Labute approximate surface area is 115 Å². The van der Waals surface area contributed by atoms with Crippen molar-refractivity contribution in [3.05, 3.63) is 0 Å². The third kappa shape index (κ3) is 4.82. The quantitative estimate of drug-likeness (QED) is 0.716. The molecule has 0 aliphatic rings. The summed E-state index contributed by atoms with van der Waals surface area (Å²) in [5.41, 5.74) is 0.604. The molecule has 0 N–H and O–H groups in total. The summed E-state index contributed by atoms with van der Waals surface area (Å²) in [6.45, 7) is 20.6. The molecule has 2 atom stereocenters. The minimum Gasteiger partial charge on any atom is -0.297 e. The highest BCUT2D eigenvalue weighted by Crippen LogP contribution is 2.39. The van der Waals surface area contributed by atoms with Gasteiger partial charge in [0.2, 0.25) is 0 Å². The molecule has 2 heteroatoms. The maximum Gasteiger partial charge on any atom is 0.0267 e. The Morgan fingerprint density at radius 3 is 1.29 bits per heavy atom. The molecule has 0 spiro atoms. The van der Waals surface area contributed by atoms with Crippen LogP contribution in [0.3, 0.4) is 0 Å². The van der Waals surface area contributed by atoms with Crippen molar-refractivity contribution in [3.63, 3.8) is 0 Å². The third-order valence-electron chi connectivity index (χ3n) is 3.55. The Hall–Kier alpha value is 0.310. The molecule has 0 saturated heterocycles. The molecule has 0 aromatic carbocycles. The fourth-order valence-corrected chi connectivity index (χ4v) is 2.80. The molecule has 0 aromatic heterocycles.